The standard InChI is InChI=1S/C14H10Br3NO/c1-8-12(17)3-2-4-13(8)18-14(19)9-5-10(15)7-11(16)6-9/h2-7H,1H3,(H,18,19). The first-order chi connectivity index (χ1) is 8.97. The van der Waals surface area contributed by atoms with Crippen LogP contribution in [0, 0.1) is 6.92 Å². The maximum atomic E-state index is 12.2. The number of halogens is 3. The predicted octanol–water partition coefficient (Wildman–Crippen LogP) is 5.53. The Morgan fingerprint density at radius 2 is 1.68 bits per heavy atom. The van der Waals surface area contributed by atoms with Gasteiger partial charge in [-0.05, 0) is 42.8 Å². The molecule has 0 bridgehead atoms. The lowest BCUT2D eigenvalue weighted by Crippen LogP contribution is -2.12. The van der Waals surface area contributed by atoms with E-state index >= 15 is 0 Å². The third-order valence-electron chi connectivity index (χ3n) is 2.64. The highest BCUT2D eigenvalue weighted by Crippen LogP contribution is 2.25. The van der Waals surface area contributed by atoms with Gasteiger partial charge in [-0.2, -0.15) is 0 Å². The van der Waals surface area contributed by atoms with E-state index in [1.54, 1.807) is 12.1 Å². The first-order valence-corrected chi connectivity index (χ1v) is 7.88. The molecule has 98 valence electrons. The minimum Gasteiger partial charge on any atom is -0.322 e. The van der Waals surface area contributed by atoms with E-state index in [2.05, 4.69) is 53.1 Å². The fraction of sp³-hybridized carbons (Fsp3) is 0.0714. The summed E-state index contributed by atoms with van der Waals surface area (Å²) in [6.45, 7) is 1.95. The van der Waals surface area contributed by atoms with Crippen molar-refractivity contribution in [2.75, 3.05) is 5.32 Å². The second-order valence-corrected chi connectivity index (χ2v) is 6.71. The quantitative estimate of drug-likeness (QED) is 0.643. The van der Waals surface area contributed by atoms with Crippen LogP contribution in [-0.4, -0.2) is 5.91 Å². The molecule has 2 rings (SSSR count). The Bertz CT molecular complexity index is 620. The number of rotatable bonds is 2. The number of carbonyl (C=O) groups is 1. The molecule has 0 aliphatic heterocycles. The van der Waals surface area contributed by atoms with Gasteiger partial charge in [0, 0.05) is 24.7 Å². The third-order valence-corrected chi connectivity index (χ3v) is 4.42. The van der Waals surface area contributed by atoms with E-state index in [0.29, 0.717) is 5.56 Å². The summed E-state index contributed by atoms with van der Waals surface area (Å²) in [5.74, 6) is -0.136. The van der Waals surface area contributed by atoms with Gasteiger partial charge in [0.2, 0.25) is 0 Å². The summed E-state index contributed by atoms with van der Waals surface area (Å²) in [5, 5.41) is 2.91. The molecule has 0 fully saturated rings. The number of anilines is 1. The Morgan fingerprint density at radius 3 is 2.32 bits per heavy atom. The van der Waals surface area contributed by atoms with E-state index < -0.39 is 0 Å². The number of benzene rings is 2. The van der Waals surface area contributed by atoms with Gasteiger partial charge in [-0.1, -0.05) is 53.9 Å². The first-order valence-electron chi connectivity index (χ1n) is 5.50. The Labute approximate surface area is 137 Å². The maximum absolute atomic E-state index is 12.2. The minimum atomic E-state index is -0.136. The molecule has 2 aromatic carbocycles. The molecule has 0 aromatic heterocycles. The molecule has 0 spiro atoms. The minimum absolute atomic E-state index is 0.136. The van der Waals surface area contributed by atoms with Crippen LogP contribution in [0.1, 0.15) is 15.9 Å². The van der Waals surface area contributed by atoms with E-state index in [1.807, 2.05) is 31.2 Å². The molecule has 0 unspecified atom stereocenters. The van der Waals surface area contributed by atoms with Crippen molar-refractivity contribution in [1.29, 1.82) is 0 Å². The largest absolute Gasteiger partial charge is 0.322 e. The second kappa shape index (κ2) is 6.20. The monoisotopic (exact) mass is 445 g/mol. The summed E-state index contributed by atoms with van der Waals surface area (Å²) >= 11 is 10.2. The molecule has 1 N–H and O–H groups in total. The van der Waals surface area contributed by atoms with Crippen molar-refractivity contribution in [2.24, 2.45) is 0 Å². The van der Waals surface area contributed by atoms with Gasteiger partial charge in [-0.3, -0.25) is 4.79 Å². The van der Waals surface area contributed by atoms with Gasteiger partial charge >= 0.3 is 0 Å². The van der Waals surface area contributed by atoms with Gasteiger partial charge in [-0.25, -0.2) is 0 Å². The first kappa shape index (κ1) is 14.8. The van der Waals surface area contributed by atoms with Crippen LogP contribution in [0.15, 0.2) is 49.8 Å². The van der Waals surface area contributed by atoms with Crippen molar-refractivity contribution < 1.29 is 4.79 Å². The number of carbonyl (C=O) groups excluding carboxylic acids is 1. The highest BCUT2D eigenvalue weighted by atomic mass is 79.9. The zero-order chi connectivity index (χ0) is 14.0. The predicted molar refractivity (Wildman–Crippen MR) is 88.7 cm³/mol. The molecule has 5 heteroatoms. The van der Waals surface area contributed by atoms with E-state index in [9.17, 15) is 4.79 Å². The van der Waals surface area contributed by atoms with Crippen molar-refractivity contribution in [1.82, 2.24) is 0 Å². The molecular weight excluding hydrogens is 438 g/mol. The van der Waals surface area contributed by atoms with Crippen LogP contribution in [0.3, 0.4) is 0 Å². The van der Waals surface area contributed by atoms with Crippen LogP contribution in [0.25, 0.3) is 0 Å². The van der Waals surface area contributed by atoms with Gasteiger partial charge in [0.15, 0.2) is 0 Å². The molecular formula is C14H10Br3NO. The summed E-state index contributed by atoms with van der Waals surface area (Å²) in [7, 11) is 0. The van der Waals surface area contributed by atoms with Crippen LogP contribution in [0.4, 0.5) is 5.69 Å². The van der Waals surface area contributed by atoms with Crippen LogP contribution in [-0.2, 0) is 0 Å². The van der Waals surface area contributed by atoms with Gasteiger partial charge in [0.25, 0.3) is 5.91 Å². The van der Waals surface area contributed by atoms with Gasteiger partial charge in [-0.15, -0.1) is 0 Å². The Morgan fingerprint density at radius 1 is 1.05 bits per heavy atom. The smallest absolute Gasteiger partial charge is 0.255 e. The molecule has 19 heavy (non-hydrogen) atoms. The molecule has 0 saturated heterocycles. The van der Waals surface area contributed by atoms with Crippen LogP contribution >= 0.6 is 47.8 Å². The zero-order valence-electron chi connectivity index (χ0n) is 10.0. The fourth-order valence-electron chi connectivity index (χ4n) is 1.62. The Hall–Kier alpha value is -0.650. The average molecular weight is 448 g/mol. The third kappa shape index (κ3) is 3.68. The van der Waals surface area contributed by atoms with Crippen molar-refractivity contribution in [3.8, 4) is 0 Å². The van der Waals surface area contributed by atoms with Crippen molar-refractivity contribution >= 4 is 59.4 Å². The number of hydrogen-bond donors (Lipinski definition) is 1. The van der Waals surface area contributed by atoms with Crippen molar-refractivity contribution in [2.45, 2.75) is 6.92 Å². The normalized spacial score (nSPS) is 10.3. The number of hydrogen-bond acceptors (Lipinski definition) is 1. The van der Waals surface area contributed by atoms with Gasteiger partial charge < -0.3 is 5.32 Å². The van der Waals surface area contributed by atoms with Crippen LogP contribution < -0.4 is 5.32 Å². The van der Waals surface area contributed by atoms with E-state index in [-0.39, 0.29) is 5.91 Å². The van der Waals surface area contributed by atoms with Gasteiger partial charge in [0.05, 0.1) is 0 Å². The lowest BCUT2D eigenvalue weighted by atomic mass is 10.1. The average Bonchev–Trinajstić information content (AvgIpc) is 2.33. The van der Waals surface area contributed by atoms with E-state index in [0.717, 1.165) is 24.7 Å². The lowest BCUT2D eigenvalue weighted by molar-refractivity contribution is 0.102. The summed E-state index contributed by atoms with van der Waals surface area (Å²) < 4.78 is 2.69. The molecule has 0 aliphatic carbocycles. The Balaban J connectivity index is 2.28. The van der Waals surface area contributed by atoms with Crippen LogP contribution in [0.5, 0.6) is 0 Å². The van der Waals surface area contributed by atoms with E-state index in [1.165, 1.54) is 0 Å². The molecule has 2 nitrogen and oxygen atoms in total. The number of amides is 1. The maximum Gasteiger partial charge on any atom is 0.255 e. The molecule has 0 radical (unpaired) electrons. The van der Waals surface area contributed by atoms with Crippen molar-refractivity contribution in [3.63, 3.8) is 0 Å². The topological polar surface area (TPSA) is 29.1 Å². The highest BCUT2D eigenvalue weighted by molar-refractivity contribution is 9.11. The van der Waals surface area contributed by atoms with Crippen molar-refractivity contribution in [3.05, 3.63) is 60.9 Å². The van der Waals surface area contributed by atoms with Gasteiger partial charge in [0.1, 0.15) is 0 Å². The zero-order valence-corrected chi connectivity index (χ0v) is 14.8. The molecule has 0 saturated carbocycles. The highest BCUT2D eigenvalue weighted by Gasteiger charge is 2.10. The van der Waals surface area contributed by atoms with E-state index in [4.69, 9.17) is 0 Å². The molecule has 0 aliphatic rings. The summed E-state index contributed by atoms with van der Waals surface area (Å²) in [5.41, 5.74) is 2.40. The van der Waals surface area contributed by atoms with Crippen LogP contribution in [0.2, 0.25) is 0 Å². The molecule has 2 aromatic rings. The number of nitrogens with one attached hydrogen (secondary N) is 1. The molecule has 0 atom stereocenters. The molecule has 1 amide bonds. The second-order valence-electron chi connectivity index (χ2n) is 4.02. The summed E-state index contributed by atoms with van der Waals surface area (Å²) in [6.07, 6.45) is 0. The fourth-order valence-corrected chi connectivity index (χ4v) is 3.28. The Kier molecular flexibility index (Phi) is 4.81. The summed E-state index contributed by atoms with van der Waals surface area (Å²) in [4.78, 5) is 12.2. The molecule has 0 heterocycles. The summed E-state index contributed by atoms with van der Waals surface area (Å²) in [6, 6.07) is 11.2. The lowest BCUT2D eigenvalue weighted by Gasteiger charge is -2.10. The SMILES string of the molecule is Cc1c(Br)cccc1NC(=O)c1cc(Br)cc(Br)c1.